The summed E-state index contributed by atoms with van der Waals surface area (Å²) in [5.41, 5.74) is 1.43. The third-order valence-corrected chi connectivity index (χ3v) is 3.01. The summed E-state index contributed by atoms with van der Waals surface area (Å²) in [6.07, 6.45) is 4.47. The smallest absolute Gasteiger partial charge is 0.173 e. The van der Waals surface area contributed by atoms with Crippen molar-refractivity contribution >= 4 is 11.2 Å². The number of ether oxygens (including phenoxy) is 1. The van der Waals surface area contributed by atoms with Gasteiger partial charge >= 0.3 is 0 Å². The molecular formula is C10H13N5O2. The fourth-order valence-electron chi connectivity index (χ4n) is 2.13. The molecule has 1 saturated heterocycles. The number of aliphatic hydroxyl groups excluding tert-OH is 1. The average Bonchev–Trinajstić information content (AvgIpc) is 2.98. The van der Waals surface area contributed by atoms with Crippen molar-refractivity contribution in [2.45, 2.75) is 25.2 Å². The second kappa shape index (κ2) is 3.94. The second-order valence-electron chi connectivity index (χ2n) is 4.07. The summed E-state index contributed by atoms with van der Waals surface area (Å²) in [6.45, 7) is 0.0325. The molecule has 0 saturated carbocycles. The first-order valence-electron chi connectivity index (χ1n) is 5.50. The zero-order valence-corrected chi connectivity index (χ0v) is 9.13. The summed E-state index contributed by atoms with van der Waals surface area (Å²) in [4.78, 5) is 11.1. The number of aromatic amines is 1. The monoisotopic (exact) mass is 235 g/mol. The number of nitrogens with one attached hydrogen (secondary N) is 2. The van der Waals surface area contributed by atoms with E-state index in [1.807, 2.05) is 0 Å². The normalized spacial score (nSPS) is 24.5. The van der Waals surface area contributed by atoms with Gasteiger partial charge in [0.25, 0.3) is 0 Å². The number of hydrogen-bond donors (Lipinski definition) is 3. The Bertz CT molecular complexity index is 590. The van der Waals surface area contributed by atoms with Gasteiger partial charge < -0.3 is 14.8 Å². The van der Waals surface area contributed by atoms with Gasteiger partial charge in [-0.3, -0.25) is 9.98 Å². The predicted molar refractivity (Wildman–Crippen MR) is 58.0 cm³/mol. The molecule has 17 heavy (non-hydrogen) atoms. The fourth-order valence-corrected chi connectivity index (χ4v) is 2.13. The lowest BCUT2D eigenvalue weighted by Crippen LogP contribution is -2.18. The molecule has 2 aromatic heterocycles. The molecule has 2 aromatic rings. The maximum Gasteiger partial charge on any atom is 0.173 e. The molecular weight excluding hydrogens is 222 g/mol. The van der Waals surface area contributed by atoms with Crippen molar-refractivity contribution in [1.29, 1.82) is 5.41 Å². The van der Waals surface area contributed by atoms with Crippen LogP contribution in [0.1, 0.15) is 19.1 Å². The summed E-state index contributed by atoms with van der Waals surface area (Å²) >= 11 is 0. The van der Waals surface area contributed by atoms with Crippen molar-refractivity contribution in [3.63, 3.8) is 0 Å². The van der Waals surface area contributed by atoms with Crippen LogP contribution >= 0.6 is 0 Å². The van der Waals surface area contributed by atoms with Crippen LogP contribution in [0.4, 0.5) is 0 Å². The highest BCUT2D eigenvalue weighted by Gasteiger charge is 2.26. The number of hydrogen-bond acceptors (Lipinski definition) is 5. The van der Waals surface area contributed by atoms with Crippen molar-refractivity contribution in [3.8, 4) is 0 Å². The van der Waals surface area contributed by atoms with Gasteiger partial charge in [-0.1, -0.05) is 0 Å². The van der Waals surface area contributed by atoms with Gasteiger partial charge in [0.05, 0.1) is 19.0 Å². The molecule has 0 aromatic carbocycles. The van der Waals surface area contributed by atoms with Gasteiger partial charge in [0.15, 0.2) is 11.1 Å². The van der Waals surface area contributed by atoms with Crippen LogP contribution in [0.5, 0.6) is 0 Å². The molecule has 7 nitrogen and oxygen atoms in total. The summed E-state index contributed by atoms with van der Waals surface area (Å²) in [5, 5.41) is 16.7. The molecule has 1 aliphatic rings. The van der Waals surface area contributed by atoms with Crippen LogP contribution in [0.2, 0.25) is 0 Å². The van der Waals surface area contributed by atoms with Gasteiger partial charge in [-0.05, 0) is 12.8 Å². The number of aliphatic hydroxyl groups is 1. The van der Waals surface area contributed by atoms with Crippen molar-refractivity contribution in [1.82, 2.24) is 19.5 Å². The second-order valence-corrected chi connectivity index (χ2v) is 4.07. The molecule has 0 spiro atoms. The predicted octanol–water partition coefficient (Wildman–Crippen LogP) is -0.0912. The van der Waals surface area contributed by atoms with Crippen LogP contribution in [-0.2, 0) is 4.74 Å². The number of rotatable bonds is 2. The number of fused-ring (bicyclic) bond motifs is 1. The lowest BCUT2D eigenvalue weighted by Gasteiger charge is -2.15. The van der Waals surface area contributed by atoms with Gasteiger partial charge in [-0.2, -0.15) is 0 Å². The van der Waals surface area contributed by atoms with E-state index in [1.165, 1.54) is 0 Å². The van der Waals surface area contributed by atoms with Crippen LogP contribution in [0.15, 0.2) is 12.7 Å². The Morgan fingerprint density at radius 2 is 2.41 bits per heavy atom. The zero-order valence-electron chi connectivity index (χ0n) is 9.13. The molecule has 0 unspecified atom stereocenters. The van der Waals surface area contributed by atoms with E-state index in [1.54, 1.807) is 17.2 Å². The third-order valence-electron chi connectivity index (χ3n) is 3.01. The topological polar surface area (TPSA) is 99.8 Å². The maximum atomic E-state index is 9.05. The summed E-state index contributed by atoms with van der Waals surface area (Å²) < 4.78 is 7.48. The lowest BCUT2D eigenvalue weighted by atomic mass is 10.2. The van der Waals surface area contributed by atoms with Crippen molar-refractivity contribution in [3.05, 3.63) is 18.1 Å². The van der Waals surface area contributed by atoms with Crippen LogP contribution in [0, 0.1) is 5.41 Å². The Morgan fingerprint density at radius 1 is 1.53 bits per heavy atom. The molecule has 90 valence electrons. The first kappa shape index (κ1) is 10.4. The maximum absolute atomic E-state index is 9.05. The zero-order chi connectivity index (χ0) is 11.8. The Balaban J connectivity index is 2.04. The quantitative estimate of drug-likeness (QED) is 0.677. The van der Waals surface area contributed by atoms with Crippen molar-refractivity contribution in [2.75, 3.05) is 6.61 Å². The molecule has 3 N–H and O–H groups in total. The number of nitrogens with zero attached hydrogens (tertiary/aromatic N) is 3. The van der Waals surface area contributed by atoms with Crippen LogP contribution in [-0.4, -0.2) is 37.3 Å². The van der Waals surface area contributed by atoms with Gasteiger partial charge in [-0.15, -0.1) is 0 Å². The Hall–Kier alpha value is -1.73. The third kappa shape index (κ3) is 1.63. The van der Waals surface area contributed by atoms with E-state index in [9.17, 15) is 0 Å². The van der Waals surface area contributed by atoms with Gasteiger partial charge in [0.2, 0.25) is 0 Å². The van der Waals surface area contributed by atoms with E-state index >= 15 is 0 Å². The molecule has 3 rings (SSSR count). The highest BCUT2D eigenvalue weighted by molar-refractivity contribution is 5.68. The van der Waals surface area contributed by atoms with E-state index in [0.717, 1.165) is 12.8 Å². The van der Waals surface area contributed by atoms with Gasteiger partial charge in [-0.25, -0.2) is 9.97 Å². The molecule has 7 heteroatoms. The minimum absolute atomic E-state index is 0.0325. The Morgan fingerprint density at radius 3 is 3.18 bits per heavy atom. The van der Waals surface area contributed by atoms with E-state index in [0.29, 0.717) is 11.2 Å². The largest absolute Gasteiger partial charge is 0.394 e. The van der Waals surface area contributed by atoms with Crippen molar-refractivity contribution < 1.29 is 9.84 Å². The van der Waals surface area contributed by atoms with Crippen molar-refractivity contribution in [2.24, 2.45) is 0 Å². The lowest BCUT2D eigenvalue weighted by molar-refractivity contribution is -0.0211. The number of H-pyrrole nitrogens is 1. The molecule has 3 heterocycles. The van der Waals surface area contributed by atoms with E-state index in [2.05, 4.69) is 15.0 Å². The average molecular weight is 235 g/mol. The first-order chi connectivity index (χ1) is 8.29. The van der Waals surface area contributed by atoms with E-state index < -0.39 is 0 Å². The van der Waals surface area contributed by atoms with Crippen LogP contribution in [0.25, 0.3) is 11.2 Å². The van der Waals surface area contributed by atoms with Gasteiger partial charge in [0, 0.05) is 0 Å². The highest BCUT2D eigenvalue weighted by Crippen LogP contribution is 2.28. The number of imidazole rings is 1. The van der Waals surface area contributed by atoms with E-state index in [4.69, 9.17) is 15.3 Å². The number of aromatic nitrogens is 4. The molecule has 1 fully saturated rings. The summed E-state index contributed by atoms with van der Waals surface area (Å²) in [6, 6.07) is 0. The molecule has 0 bridgehead atoms. The summed E-state index contributed by atoms with van der Waals surface area (Å²) in [5.74, 6) is 0. The fraction of sp³-hybridized carbons (Fsp3) is 0.500. The molecule has 0 amide bonds. The molecule has 2 atom stereocenters. The molecule has 0 radical (unpaired) electrons. The first-order valence-corrected chi connectivity index (χ1v) is 5.50. The molecule has 1 aliphatic heterocycles. The van der Waals surface area contributed by atoms with Crippen LogP contribution in [0.3, 0.4) is 0 Å². The van der Waals surface area contributed by atoms with Gasteiger partial charge in [0.1, 0.15) is 18.1 Å². The standard InChI is InChI=1S/C10H13N5O2/c11-9-8-10(13-4-12-8)15(5-14-9)7-2-1-6(3-16)17-7/h4-7,11,16H,1-3H2,(H,12,13)/t6-,7+/m0/s1. The SMILES string of the molecule is N=c1ncn([C@H]2CC[C@@H](CO)O2)c2nc[nH]c12. The Labute approximate surface area is 96.6 Å². The minimum atomic E-state index is -0.161. The highest BCUT2D eigenvalue weighted by atomic mass is 16.5. The Kier molecular flexibility index (Phi) is 2.41. The minimum Gasteiger partial charge on any atom is -0.394 e. The molecule has 0 aliphatic carbocycles. The van der Waals surface area contributed by atoms with Crippen LogP contribution < -0.4 is 5.49 Å². The summed E-state index contributed by atoms with van der Waals surface area (Å²) in [7, 11) is 0. The van der Waals surface area contributed by atoms with E-state index in [-0.39, 0.29) is 24.4 Å².